The molecule has 28 heavy (non-hydrogen) atoms. The molecule has 4 rings (SSSR count). The topological polar surface area (TPSA) is 74.8 Å². The van der Waals surface area contributed by atoms with Gasteiger partial charge in [-0.15, -0.1) is 0 Å². The number of imide groups is 1. The molecule has 0 aromatic heterocycles. The zero-order chi connectivity index (χ0) is 19.8. The Morgan fingerprint density at radius 2 is 1.50 bits per heavy atom. The quantitative estimate of drug-likeness (QED) is 0.610. The first kappa shape index (κ1) is 18.1. The van der Waals surface area contributed by atoms with E-state index in [1.807, 2.05) is 30.3 Å². The van der Waals surface area contributed by atoms with E-state index in [1.54, 1.807) is 11.0 Å². The van der Waals surface area contributed by atoms with E-state index in [0.717, 1.165) is 4.90 Å². The highest BCUT2D eigenvalue weighted by atomic mass is 16.2. The molecule has 0 atom stereocenters. The fourth-order valence-corrected chi connectivity index (χ4v) is 3.86. The molecule has 0 spiro atoms. The highest BCUT2D eigenvalue weighted by Gasteiger charge is 2.34. The molecule has 0 radical (unpaired) electrons. The van der Waals surface area contributed by atoms with Gasteiger partial charge in [-0.1, -0.05) is 30.3 Å². The van der Waals surface area contributed by atoms with Crippen LogP contribution in [0.2, 0.25) is 0 Å². The summed E-state index contributed by atoms with van der Waals surface area (Å²) in [6.07, 6.45) is 1.23. The minimum Gasteiger partial charge on any atom is -0.339 e. The number of amides is 3. The smallest absolute Gasteiger partial charge is 0.261 e. The number of rotatable bonds is 3. The van der Waals surface area contributed by atoms with Gasteiger partial charge in [0.25, 0.3) is 17.7 Å². The first-order valence-corrected chi connectivity index (χ1v) is 9.32. The monoisotopic (exact) mass is 376 g/mol. The molecule has 0 aliphatic carbocycles. The van der Waals surface area contributed by atoms with Gasteiger partial charge in [-0.2, -0.15) is 0 Å². The molecule has 1 fully saturated rings. The van der Waals surface area contributed by atoms with E-state index >= 15 is 0 Å². The summed E-state index contributed by atoms with van der Waals surface area (Å²) in [4.78, 5) is 52.3. The third-order valence-corrected chi connectivity index (χ3v) is 5.55. The first-order valence-electron chi connectivity index (χ1n) is 9.32. The molecule has 1 saturated heterocycles. The Labute approximate surface area is 162 Å². The van der Waals surface area contributed by atoms with Gasteiger partial charge >= 0.3 is 0 Å². The standard InChI is InChI=1S/C22H20N2O4/c1-23-21(27)17-8-7-16(13-18(17)22(23)28)20(26)24-11-9-15(10-12-24)19(25)14-5-3-2-4-6-14/h2-8,13,15H,9-12H2,1H3. The molecule has 2 aromatic rings. The number of piperidine rings is 1. The van der Waals surface area contributed by atoms with E-state index in [1.165, 1.54) is 19.2 Å². The van der Waals surface area contributed by atoms with Gasteiger partial charge in [0.15, 0.2) is 5.78 Å². The molecule has 0 bridgehead atoms. The van der Waals surface area contributed by atoms with Crippen LogP contribution < -0.4 is 0 Å². The van der Waals surface area contributed by atoms with E-state index in [2.05, 4.69) is 0 Å². The van der Waals surface area contributed by atoms with Crippen molar-refractivity contribution >= 4 is 23.5 Å². The minimum atomic E-state index is -0.387. The van der Waals surface area contributed by atoms with Gasteiger partial charge in [0, 0.05) is 37.2 Å². The van der Waals surface area contributed by atoms with Crippen LogP contribution in [0, 0.1) is 5.92 Å². The molecule has 6 nitrogen and oxygen atoms in total. The molecule has 0 unspecified atom stereocenters. The molecule has 0 N–H and O–H groups in total. The van der Waals surface area contributed by atoms with Crippen molar-refractivity contribution in [3.63, 3.8) is 0 Å². The molecule has 2 aromatic carbocycles. The third kappa shape index (κ3) is 3.01. The Hall–Kier alpha value is -3.28. The lowest BCUT2D eigenvalue weighted by Crippen LogP contribution is -2.40. The van der Waals surface area contributed by atoms with Crippen molar-refractivity contribution in [1.82, 2.24) is 9.80 Å². The van der Waals surface area contributed by atoms with E-state index < -0.39 is 0 Å². The summed E-state index contributed by atoms with van der Waals surface area (Å²) in [7, 11) is 1.43. The summed E-state index contributed by atoms with van der Waals surface area (Å²) >= 11 is 0. The molecule has 2 aliphatic rings. The van der Waals surface area contributed by atoms with Crippen molar-refractivity contribution in [3.05, 3.63) is 70.8 Å². The molecular weight excluding hydrogens is 356 g/mol. The van der Waals surface area contributed by atoms with E-state index in [-0.39, 0.29) is 35.0 Å². The number of carbonyl (C=O) groups is 4. The Morgan fingerprint density at radius 3 is 2.18 bits per heavy atom. The molecule has 3 amide bonds. The van der Waals surface area contributed by atoms with Crippen LogP contribution in [0.15, 0.2) is 48.5 Å². The summed E-state index contributed by atoms with van der Waals surface area (Å²) in [6.45, 7) is 0.984. The minimum absolute atomic E-state index is 0.0840. The number of ketones is 1. The van der Waals surface area contributed by atoms with Crippen molar-refractivity contribution in [2.45, 2.75) is 12.8 Å². The van der Waals surface area contributed by atoms with Crippen molar-refractivity contribution in [2.75, 3.05) is 20.1 Å². The van der Waals surface area contributed by atoms with Gasteiger partial charge in [0.1, 0.15) is 0 Å². The number of hydrogen-bond acceptors (Lipinski definition) is 4. The van der Waals surface area contributed by atoms with Gasteiger partial charge in [0.05, 0.1) is 11.1 Å². The number of Topliss-reactive ketones (excluding diaryl/α,β-unsaturated/α-hetero) is 1. The highest BCUT2D eigenvalue weighted by molar-refractivity contribution is 6.21. The van der Waals surface area contributed by atoms with Crippen molar-refractivity contribution in [2.24, 2.45) is 5.92 Å². The predicted molar refractivity (Wildman–Crippen MR) is 102 cm³/mol. The zero-order valence-electron chi connectivity index (χ0n) is 15.6. The molecule has 142 valence electrons. The van der Waals surface area contributed by atoms with Crippen LogP contribution in [0.25, 0.3) is 0 Å². The average Bonchev–Trinajstić information content (AvgIpc) is 2.97. The maximum absolute atomic E-state index is 12.8. The maximum atomic E-state index is 12.8. The fraction of sp³-hybridized carbons (Fsp3) is 0.273. The van der Waals surface area contributed by atoms with Crippen molar-refractivity contribution in [1.29, 1.82) is 0 Å². The van der Waals surface area contributed by atoms with Crippen LogP contribution in [0.3, 0.4) is 0 Å². The van der Waals surface area contributed by atoms with Gasteiger partial charge < -0.3 is 4.90 Å². The van der Waals surface area contributed by atoms with Crippen LogP contribution in [0.4, 0.5) is 0 Å². The van der Waals surface area contributed by atoms with Crippen LogP contribution >= 0.6 is 0 Å². The van der Waals surface area contributed by atoms with Crippen LogP contribution in [0.1, 0.15) is 54.3 Å². The predicted octanol–water partition coefficient (Wildman–Crippen LogP) is 2.65. The molecule has 0 saturated carbocycles. The Kier molecular flexibility index (Phi) is 4.55. The Morgan fingerprint density at radius 1 is 0.857 bits per heavy atom. The van der Waals surface area contributed by atoms with Crippen LogP contribution in [-0.4, -0.2) is 53.4 Å². The first-order chi connectivity index (χ1) is 13.5. The largest absolute Gasteiger partial charge is 0.339 e. The maximum Gasteiger partial charge on any atom is 0.261 e. The molecule has 6 heteroatoms. The SMILES string of the molecule is CN1C(=O)c2ccc(C(=O)N3CCC(C(=O)c4ccccc4)CC3)cc2C1=O. The second-order valence-electron chi connectivity index (χ2n) is 7.23. The number of likely N-dealkylation sites (tertiary alicyclic amines) is 1. The lowest BCUT2D eigenvalue weighted by Gasteiger charge is -2.31. The number of hydrogen-bond donors (Lipinski definition) is 0. The average molecular weight is 376 g/mol. The Balaban J connectivity index is 1.45. The van der Waals surface area contributed by atoms with Crippen molar-refractivity contribution in [3.8, 4) is 0 Å². The van der Waals surface area contributed by atoms with Crippen LogP contribution in [0.5, 0.6) is 0 Å². The summed E-state index contributed by atoms with van der Waals surface area (Å²) in [5.41, 5.74) is 1.70. The molecule has 2 aliphatic heterocycles. The lowest BCUT2D eigenvalue weighted by atomic mass is 9.88. The van der Waals surface area contributed by atoms with Gasteiger partial charge in [-0.05, 0) is 31.0 Å². The zero-order valence-corrected chi connectivity index (χ0v) is 15.6. The van der Waals surface area contributed by atoms with Crippen molar-refractivity contribution < 1.29 is 19.2 Å². The third-order valence-electron chi connectivity index (χ3n) is 5.55. The summed E-state index contributed by atoms with van der Waals surface area (Å²) in [5.74, 6) is -0.874. The summed E-state index contributed by atoms with van der Waals surface area (Å²) < 4.78 is 0. The summed E-state index contributed by atoms with van der Waals surface area (Å²) in [6, 6.07) is 13.9. The lowest BCUT2D eigenvalue weighted by molar-refractivity contribution is 0.0650. The second-order valence-corrected chi connectivity index (χ2v) is 7.23. The van der Waals surface area contributed by atoms with Crippen LogP contribution in [-0.2, 0) is 0 Å². The number of nitrogens with zero attached hydrogens (tertiary/aromatic N) is 2. The molecule has 2 heterocycles. The van der Waals surface area contributed by atoms with E-state index in [0.29, 0.717) is 42.6 Å². The van der Waals surface area contributed by atoms with Gasteiger partial charge in [-0.3, -0.25) is 24.1 Å². The van der Waals surface area contributed by atoms with Gasteiger partial charge in [-0.25, -0.2) is 0 Å². The highest BCUT2D eigenvalue weighted by Crippen LogP contribution is 2.26. The number of carbonyl (C=O) groups excluding carboxylic acids is 4. The summed E-state index contributed by atoms with van der Waals surface area (Å²) in [5, 5.41) is 0. The number of fused-ring (bicyclic) bond motifs is 1. The number of benzene rings is 2. The van der Waals surface area contributed by atoms with E-state index in [9.17, 15) is 19.2 Å². The normalized spacial score (nSPS) is 17.0. The fourth-order valence-electron chi connectivity index (χ4n) is 3.86. The molecular formula is C22H20N2O4. The second kappa shape index (κ2) is 7.03. The van der Waals surface area contributed by atoms with E-state index in [4.69, 9.17) is 0 Å². The van der Waals surface area contributed by atoms with Gasteiger partial charge in [0.2, 0.25) is 0 Å². The Bertz CT molecular complexity index is 975.